The van der Waals surface area contributed by atoms with Crippen molar-refractivity contribution in [2.24, 2.45) is 5.92 Å². The smallest absolute Gasteiger partial charge is 0.343 e. The van der Waals surface area contributed by atoms with E-state index in [1.165, 1.54) is 69.4 Å². The molecule has 0 aromatic heterocycles. The summed E-state index contributed by atoms with van der Waals surface area (Å²) in [5, 5.41) is 0. The molecule has 0 radical (unpaired) electrons. The van der Waals surface area contributed by atoms with Gasteiger partial charge in [0.05, 0.1) is 18.8 Å². The number of halogens is 1. The van der Waals surface area contributed by atoms with E-state index in [2.05, 4.69) is 13.8 Å². The molecule has 0 atom stereocenters. The zero-order valence-electron chi connectivity index (χ0n) is 22.1. The molecule has 1 fully saturated rings. The van der Waals surface area contributed by atoms with Crippen molar-refractivity contribution in [1.29, 1.82) is 0 Å². The molecule has 3 rings (SSSR count). The third-order valence-corrected chi connectivity index (χ3v) is 6.88. The van der Waals surface area contributed by atoms with Gasteiger partial charge < -0.3 is 14.2 Å². The van der Waals surface area contributed by atoms with Crippen LogP contribution in [0.15, 0.2) is 42.5 Å². The van der Waals surface area contributed by atoms with Crippen molar-refractivity contribution in [3.63, 3.8) is 0 Å². The van der Waals surface area contributed by atoms with Gasteiger partial charge in [0.1, 0.15) is 11.6 Å². The maximum Gasteiger partial charge on any atom is 0.343 e. The predicted octanol–water partition coefficient (Wildman–Crippen LogP) is 8.58. The Balaban J connectivity index is 1.43. The van der Waals surface area contributed by atoms with Crippen molar-refractivity contribution in [3.05, 3.63) is 65.0 Å². The van der Waals surface area contributed by atoms with Crippen molar-refractivity contribution in [1.82, 2.24) is 0 Å². The number of rotatable bonds is 15. The van der Waals surface area contributed by atoms with E-state index < -0.39 is 18.1 Å². The number of unbranched alkanes of at least 4 members (excludes halogenated alkanes) is 8. The third kappa shape index (κ3) is 9.33. The Labute approximate surface area is 216 Å². The molecule has 0 amide bonds. The Morgan fingerprint density at radius 3 is 2.17 bits per heavy atom. The van der Waals surface area contributed by atoms with E-state index in [1.54, 1.807) is 24.3 Å². The van der Waals surface area contributed by atoms with Crippen molar-refractivity contribution in [2.45, 2.75) is 97.2 Å². The first-order chi connectivity index (χ1) is 17.6. The Morgan fingerprint density at radius 2 is 1.50 bits per heavy atom. The van der Waals surface area contributed by atoms with Crippen LogP contribution in [0.25, 0.3) is 0 Å². The van der Waals surface area contributed by atoms with Crippen molar-refractivity contribution >= 4 is 5.97 Å². The van der Waals surface area contributed by atoms with Gasteiger partial charge in [-0.15, -0.1) is 0 Å². The Bertz CT molecular complexity index is 903. The molecule has 0 unspecified atom stereocenters. The lowest BCUT2D eigenvalue weighted by Gasteiger charge is -2.29. The first kappa shape index (κ1) is 28.3. The van der Waals surface area contributed by atoms with Crippen molar-refractivity contribution in [3.8, 4) is 5.75 Å². The van der Waals surface area contributed by atoms with Crippen LogP contribution in [0.3, 0.4) is 0 Å². The highest BCUT2D eigenvalue weighted by molar-refractivity contribution is 5.91. The van der Waals surface area contributed by atoms with E-state index in [4.69, 9.17) is 14.2 Å². The number of esters is 1. The van der Waals surface area contributed by atoms with Gasteiger partial charge >= 0.3 is 5.97 Å². The summed E-state index contributed by atoms with van der Waals surface area (Å²) in [5.41, 5.74) is 1.71. The van der Waals surface area contributed by atoms with Crippen LogP contribution in [0, 0.1) is 11.7 Å². The molecule has 5 heteroatoms. The lowest BCUT2D eigenvalue weighted by atomic mass is 10.0. The number of ether oxygens (including phenoxy) is 3. The molecule has 0 aliphatic carbocycles. The minimum atomic E-state index is -0.735. The number of carbonyl (C=O) groups is 1. The summed E-state index contributed by atoms with van der Waals surface area (Å²) in [4.78, 5) is 12.6. The van der Waals surface area contributed by atoms with Gasteiger partial charge in [0.2, 0.25) is 0 Å². The van der Waals surface area contributed by atoms with Gasteiger partial charge in [-0.2, -0.15) is 0 Å². The molecular weight excluding hydrogens is 455 g/mol. The summed E-state index contributed by atoms with van der Waals surface area (Å²) >= 11 is 0. The van der Waals surface area contributed by atoms with Crippen LogP contribution in [0.5, 0.6) is 5.75 Å². The second kappa shape index (κ2) is 15.8. The average Bonchev–Trinajstić information content (AvgIpc) is 2.90. The van der Waals surface area contributed by atoms with E-state index in [0.29, 0.717) is 30.4 Å². The van der Waals surface area contributed by atoms with Crippen LogP contribution < -0.4 is 4.74 Å². The third-order valence-electron chi connectivity index (χ3n) is 6.88. The molecule has 0 spiro atoms. The summed E-state index contributed by atoms with van der Waals surface area (Å²) in [6.07, 6.45) is 13.9. The molecule has 1 heterocycles. The number of benzene rings is 2. The maximum atomic E-state index is 14.8. The average molecular weight is 499 g/mol. The second-order valence-corrected chi connectivity index (χ2v) is 10.0. The van der Waals surface area contributed by atoms with Gasteiger partial charge in [-0.1, -0.05) is 89.8 Å². The Kier molecular flexibility index (Phi) is 12.4. The molecule has 1 saturated heterocycles. The molecule has 0 bridgehead atoms. The topological polar surface area (TPSA) is 44.8 Å². The van der Waals surface area contributed by atoms with E-state index >= 15 is 0 Å². The van der Waals surface area contributed by atoms with E-state index in [0.717, 1.165) is 19.3 Å². The summed E-state index contributed by atoms with van der Waals surface area (Å²) in [6, 6.07) is 11.9. The van der Waals surface area contributed by atoms with Crippen LogP contribution in [0.4, 0.5) is 4.39 Å². The largest absolute Gasteiger partial charge is 0.423 e. The Hall–Kier alpha value is -2.24. The molecule has 198 valence electrons. The molecule has 36 heavy (non-hydrogen) atoms. The molecule has 0 N–H and O–H groups in total. The summed E-state index contributed by atoms with van der Waals surface area (Å²) in [6.45, 7) is 5.54. The van der Waals surface area contributed by atoms with Crippen LogP contribution in [-0.2, 0) is 15.9 Å². The van der Waals surface area contributed by atoms with Crippen LogP contribution in [-0.4, -0.2) is 19.2 Å². The second-order valence-electron chi connectivity index (χ2n) is 10.0. The van der Waals surface area contributed by atoms with E-state index in [-0.39, 0.29) is 5.56 Å². The van der Waals surface area contributed by atoms with Crippen molar-refractivity contribution < 1.29 is 23.4 Å². The highest BCUT2D eigenvalue weighted by atomic mass is 19.1. The fourth-order valence-corrected chi connectivity index (χ4v) is 4.59. The van der Waals surface area contributed by atoms with Crippen LogP contribution in [0.2, 0.25) is 0 Å². The highest BCUT2D eigenvalue weighted by Crippen LogP contribution is 2.29. The minimum Gasteiger partial charge on any atom is -0.423 e. The molecule has 4 nitrogen and oxygen atoms in total. The number of hydrogen-bond donors (Lipinski definition) is 0. The quantitative estimate of drug-likeness (QED) is 0.140. The summed E-state index contributed by atoms with van der Waals surface area (Å²) in [5.74, 6) is -0.293. The molecule has 2 aromatic carbocycles. The van der Waals surface area contributed by atoms with Gasteiger partial charge in [0.15, 0.2) is 6.29 Å². The van der Waals surface area contributed by atoms with Gasteiger partial charge in [0, 0.05) is 11.5 Å². The molecular formula is C31H43FO4. The SMILES string of the molecule is CCCCCCCCCc1ccc(OC(=O)c2ccc(C3OCC(CCCCC)CO3)c(F)c2)cc1. The standard InChI is InChI=1S/C31H43FO4/c1-3-5-7-8-9-10-12-13-24-15-18-27(19-16-24)36-30(33)26-17-20-28(29(32)21-26)31-34-22-25(23-35-31)14-11-6-4-2/h15-21,25,31H,3-14,22-23H2,1-2H3. The Morgan fingerprint density at radius 1 is 0.861 bits per heavy atom. The first-order valence-corrected chi connectivity index (χ1v) is 13.9. The van der Waals surface area contributed by atoms with E-state index in [9.17, 15) is 9.18 Å². The van der Waals surface area contributed by atoms with Crippen molar-refractivity contribution in [2.75, 3.05) is 13.2 Å². The summed E-state index contributed by atoms with van der Waals surface area (Å²) in [7, 11) is 0. The molecule has 2 aromatic rings. The van der Waals surface area contributed by atoms with Gasteiger partial charge in [-0.25, -0.2) is 9.18 Å². The normalized spacial score (nSPS) is 17.8. The van der Waals surface area contributed by atoms with Crippen LogP contribution >= 0.6 is 0 Å². The lowest BCUT2D eigenvalue weighted by Crippen LogP contribution is -2.27. The maximum absolute atomic E-state index is 14.8. The van der Waals surface area contributed by atoms with Crippen LogP contribution in [0.1, 0.15) is 112 Å². The van der Waals surface area contributed by atoms with Gasteiger partial charge in [-0.3, -0.25) is 0 Å². The lowest BCUT2D eigenvalue weighted by molar-refractivity contribution is -0.207. The zero-order valence-corrected chi connectivity index (χ0v) is 22.1. The molecule has 1 aliphatic rings. The zero-order chi connectivity index (χ0) is 25.6. The summed E-state index contributed by atoms with van der Waals surface area (Å²) < 4.78 is 31.8. The number of carbonyl (C=O) groups excluding carboxylic acids is 1. The monoisotopic (exact) mass is 498 g/mol. The number of hydrogen-bond acceptors (Lipinski definition) is 4. The van der Waals surface area contributed by atoms with E-state index in [1.807, 2.05) is 12.1 Å². The van der Waals surface area contributed by atoms with Gasteiger partial charge in [-0.05, 0) is 49.1 Å². The fourth-order valence-electron chi connectivity index (χ4n) is 4.59. The predicted molar refractivity (Wildman–Crippen MR) is 142 cm³/mol. The minimum absolute atomic E-state index is 0.164. The highest BCUT2D eigenvalue weighted by Gasteiger charge is 2.26. The van der Waals surface area contributed by atoms with Gasteiger partial charge in [0.25, 0.3) is 0 Å². The number of aryl methyl sites for hydroxylation is 1. The fraction of sp³-hybridized carbons (Fsp3) is 0.581. The molecule has 1 aliphatic heterocycles. The molecule has 0 saturated carbocycles. The first-order valence-electron chi connectivity index (χ1n) is 13.9.